The van der Waals surface area contributed by atoms with E-state index >= 15 is 0 Å². The molecule has 0 bridgehead atoms. The van der Waals surface area contributed by atoms with Crippen molar-refractivity contribution in [1.82, 2.24) is 5.32 Å². The Balaban J connectivity index is 1.81. The van der Waals surface area contributed by atoms with Gasteiger partial charge in [-0.05, 0) is 42.0 Å². The minimum Gasteiger partial charge on any atom is -0.366 e. The summed E-state index contributed by atoms with van der Waals surface area (Å²) in [5, 5.41) is 3.48. The Bertz CT molecular complexity index is 674. The van der Waals surface area contributed by atoms with Crippen molar-refractivity contribution in [1.29, 1.82) is 0 Å². The summed E-state index contributed by atoms with van der Waals surface area (Å²) in [5.41, 5.74) is 6.49. The van der Waals surface area contributed by atoms with Crippen LogP contribution in [0.2, 0.25) is 5.02 Å². The Kier molecular flexibility index (Phi) is 5.86. The molecule has 0 aliphatic heterocycles. The second kappa shape index (κ2) is 7.87. The Hall–Kier alpha value is -1.98. The van der Waals surface area contributed by atoms with E-state index in [1.807, 2.05) is 18.2 Å². The molecular formula is C16H15ClN2O2S. The van der Waals surface area contributed by atoms with Gasteiger partial charge in [-0.25, -0.2) is 0 Å². The number of nitrogens with two attached hydrogens (primary N) is 1. The lowest BCUT2D eigenvalue weighted by Gasteiger charge is -2.06. The van der Waals surface area contributed by atoms with Crippen LogP contribution in [0.1, 0.15) is 15.9 Å². The van der Waals surface area contributed by atoms with Gasteiger partial charge < -0.3 is 11.1 Å². The first-order valence-corrected chi connectivity index (χ1v) is 7.95. The molecule has 0 spiro atoms. The maximum absolute atomic E-state index is 11.8. The molecular weight excluding hydrogens is 320 g/mol. The van der Waals surface area contributed by atoms with E-state index in [0.29, 0.717) is 22.9 Å². The summed E-state index contributed by atoms with van der Waals surface area (Å²) in [6.07, 6.45) is 0. The predicted octanol–water partition coefficient (Wildman–Crippen LogP) is 2.85. The van der Waals surface area contributed by atoms with Gasteiger partial charge in [0.1, 0.15) is 0 Å². The summed E-state index contributed by atoms with van der Waals surface area (Å²) in [5.74, 6) is -0.243. The molecule has 6 heteroatoms. The lowest BCUT2D eigenvalue weighted by Crippen LogP contribution is -2.24. The maximum atomic E-state index is 11.8. The average molecular weight is 335 g/mol. The minimum atomic E-state index is -0.480. The third-order valence-corrected chi connectivity index (χ3v) is 4.15. The van der Waals surface area contributed by atoms with E-state index in [1.54, 1.807) is 30.3 Å². The molecule has 0 saturated heterocycles. The summed E-state index contributed by atoms with van der Waals surface area (Å²) < 4.78 is 0. The molecule has 0 aliphatic carbocycles. The molecule has 0 saturated carbocycles. The van der Waals surface area contributed by atoms with Gasteiger partial charge in [-0.1, -0.05) is 23.7 Å². The summed E-state index contributed by atoms with van der Waals surface area (Å²) >= 11 is 7.24. The molecule has 0 fully saturated rings. The summed E-state index contributed by atoms with van der Waals surface area (Å²) in [6, 6.07) is 14.2. The van der Waals surface area contributed by atoms with Crippen LogP contribution in [0.3, 0.4) is 0 Å². The summed E-state index contributed by atoms with van der Waals surface area (Å²) in [4.78, 5) is 23.9. The number of amides is 2. The van der Waals surface area contributed by atoms with Gasteiger partial charge in [0, 0.05) is 22.0 Å². The Morgan fingerprint density at radius 3 is 2.55 bits per heavy atom. The lowest BCUT2D eigenvalue weighted by atomic mass is 10.1. The maximum Gasteiger partial charge on any atom is 0.248 e. The van der Waals surface area contributed by atoms with Gasteiger partial charge >= 0.3 is 0 Å². The van der Waals surface area contributed by atoms with E-state index < -0.39 is 5.91 Å². The Morgan fingerprint density at radius 2 is 1.86 bits per heavy atom. The third kappa shape index (κ3) is 5.09. The number of rotatable bonds is 6. The van der Waals surface area contributed by atoms with Crippen molar-refractivity contribution in [2.24, 2.45) is 5.73 Å². The van der Waals surface area contributed by atoms with Crippen molar-refractivity contribution in [3.8, 4) is 0 Å². The second-order valence-electron chi connectivity index (χ2n) is 4.58. The van der Waals surface area contributed by atoms with Gasteiger partial charge in [0.05, 0.1) is 5.75 Å². The fraction of sp³-hybridized carbons (Fsp3) is 0.125. The van der Waals surface area contributed by atoms with Gasteiger partial charge in [-0.3, -0.25) is 9.59 Å². The van der Waals surface area contributed by atoms with Crippen LogP contribution in [0, 0.1) is 0 Å². The molecule has 114 valence electrons. The van der Waals surface area contributed by atoms with Crippen LogP contribution in [0.4, 0.5) is 0 Å². The van der Waals surface area contributed by atoms with Gasteiger partial charge in [-0.2, -0.15) is 0 Å². The zero-order valence-corrected chi connectivity index (χ0v) is 13.3. The Labute approximate surface area is 138 Å². The van der Waals surface area contributed by atoms with E-state index in [2.05, 4.69) is 5.32 Å². The predicted molar refractivity (Wildman–Crippen MR) is 89.0 cm³/mol. The minimum absolute atomic E-state index is 0.0792. The molecule has 2 amide bonds. The highest BCUT2D eigenvalue weighted by molar-refractivity contribution is 8.00. The molecule has 0 heterocycles. The number of carbonyl (C=O) groups is 2. The van der Waals surface area contributed by atoms with Gasteiger partial charge in [-0.15, -0.1) is 11.8 Å². The number of hydrogen-bond acceptors (Lipinski definition) is 3. The van der Waals surface area contributed by atoms with E-state index in [0.717, 1.165) is 10.5 Å². The zero-order valence-electron chi connectivity index (χ0n) is 11.7. The third-order valence-electron chi connectivity index (χ3n) is 2.88. The largest absolute Gasteiger partial charge is 0.366 e. The molecule has 0 aromatic heterocycles. The van der Waals surface area contributed by atoms with Crippen molar-refractivity contribution in [3.63, 3.8) is 0 Å². The number of nitrogens with one attached hydrogen (secondary N) is 1. The van der Waals surface area contributed by atoms with Crippen LogP contribution in [0.25, 0.3) is 0 Å². The zero-order chi connectivity index (χ0) is 15.9. The molecule has 22 heavy (non-hydrogen) atoms. The smallest absolute Gasteiger partial charge is 0.248 e. The van der Waals surface area contributed by atoms with Crippen molar-refractivity contribution >= 4 is 35.2 Å². The molecule has 0 atom stereocenters. The van der Waals surface area contributed by atoms with Crippen LogP contribution in [0.15, 0.2) is 53.4 Å². The molecule has 2 rings (SSSR count). The van der Waals surface area contributed by atoms with Crippen molar-refractivity contribution < 1.29 is 9.59 Å². The normalized spacial score (nSPS) is 10.2. The van der Waals surface area contributed by atoms with Crippen LogP contribution in [-0.2, 0) is 11.3 Å². The highest BCUT2D eigenvalue weighted by Crippen LogP contribution is 2.19. The van der Waals surface area contributed by atoms with Gasteiger partial charge in [0.2, 0.25) is 11.8 Å². The molecule has 4 nitrogen and oxygen atoms in total. The average Bonchev–Trinajstić information content (AvgIpc) is 2.52. The Morgan fingerprint density at radius 1 is 1.14 bits per heavy atom. The standard InChI is InChI=1S/C16H15ClN2O2S/c17-13-4-6-14(7-5-13)22-10-15(20)19-9-11-2-1-3-12(8-11)16(18)21/h1-8H,9-10H2,(H2,18,21)(H,19,20). The van der Waals surface area contributed by atoms with Crippen LogP contribution < -0.4 is 11.1 Å². The van der Waals surface area contributed by atoms with Crippen molar-refractivity contribution in [2.45, 2.75) is 11.4 Å². The highest BCUT2D eigenvalue weighted by atomic mass is 35.5. The SMILES string of the molecule is NC(=O)c1cccc(CNC(=O)CSc2ccc(Cl)cc2)c1. The number of hydrogen-bond donors (Lipinski definition) is 2. The van der Waals surface area contributed by atoms with Gasteiger partial charge in [0.15, 0.2) is 0 Å². The summed E-state index contributed by atoms with van der Waals surface area (Å²) in [6.45, 7) is 0.362. The first-order valence-electron chi connectivity index (χ1n) is 6.58. The molecule has 0 aliphatic rings. The molecule has 0 radical (unpaired) electrons. The molecule has 2 aromatic rings. The number of carbonyl (C=O) groups excluding carboxylic acids is 2. The summed E-state index contributed by atoms with van der Waals surface area (Å²) in [7, 11) is 0. The molecule has 2 aromatic carbocycles. The van der Waals surface area contributed by atoms with E-state index in [1.165, 1.54) is 11.8 Å². The number of halogens is 1. The monoisotopic (exact) mass is 334 g/mol. The quantitative estimate of drug-likeness (QED) is 0.798. The first kappa shape index (κ1) is 16.4. The number of primary amides is 1. The van der Waals surface area contributed by atoms with E-state index in [-0.39, 0.29) is 5.91 Å². The van der Waals surface area contributed by atoms with Crippen molar-refractivity contribution in [2.75, 3.05) is 5.75 Å². The topological polar surface area (TPSA) is 72.2 Å². The van der Waals surface area contributed by atoms with E-state index in [9.17, 15) is 9.59 Å². The fourth-order valence-electron chi connectivity index (χ4n) is 1.77. The van der Waals surface area contributed by atoms with Crippen LogP contribution in [0.5, 0.6) is 0 Å². The van der Waals surface area contributed by atoms with Crippen LogP contribution in [-0.4, -0.2) is 17.6 Å². The first-order chi connectivity index (χ1) is 10.5. The van der Waals surface area contributed by atoms with Crippen LogP contribution >= 0.6 is 23.4 Å². The van der Waals surface area contributed by atoms with Gasteiger partial charge in [0.25, 0.3) is 0 Å². The second-order valence-corrected chi connectivity index (χ2v) is 6.07. The van der Waals surface area contributed by atoms with Crippen molar-refractivity contribution in [3.05, 3.63) is 64.7 Å². The van der Waals surface area contributed by atoms with E-state index in [4.69, 9.17) is 17.3 Å². The number of benzene rings is 2. The highest BCUT2D eigenvalue weighted by Gasteiger charge is 2.05. The molecule has 3 N–H and O–H groups in total. The number of thioether (sulfide) groups is 1. The fourth-order valence-corrected chi connectivity index (χ4v) is 2.62. The molecule has 0 unspecified atom stereocenters. The lowest BCUT2D eigenvalue weighted by molar-refractivity contribution is -0.118.